The van der Waals surface area contributed by atoms with E-state index in [4.69, 9.17) is 4.42 Å². The summed E-state index contributed by atoms with van der Waals surface area (Å²) in [6.07, 6.45) is 1.58. The van der Waals surface area contributed by atoms with Crippen molar-refractivity contribution in [1.29, 1.82) is 0 Å². The number of aliphatic hydroxyl groups excluding tert-OH is 1. The number of carbonyl (C=O) groups is 1. The highest BCUT2D eigenvalue weighted by Gasteiger charge is 2.38. The zero-order valence-corrected chi connectivity index (χ0v) is 17.2. The molecule has 0 aliphatic carbocycles. The van der Waals surface area contributed by atoms with Crippen LogP contribution in [0.4, 0.5) is 8.78 Å². The third kappa shape index (κ3) is 3.72. The van der Waals surface area contributed by atoms with E-state index < -0.39 is 17.0 Å². The topological polar surface area (TPSA) is 53.7 Å². The molecule has 1 saturated heterocycles. The van der Waals surface area contributed by atoms with Crippen molar-refractivity contribution in [2.24, 2.45) is 5.41 Å². The normalized spacial score (nSPS) is 19.4. The van der Waals surface area contributed by atoms with Gasteiger partial charge in [-0.1, -0.05) is 18.2 Å². The fraction of sp³-hybridized carbons (Fsp3) is 0.375. The number of furan rings is 1. The van der Waals surface area contributed by atoms with Crippen molar-refractivity contribution in [3.8, 4) is 0 Å². The van der Waals surface area contributed by atoms with Crippen molar-refractivity contribution in [1.82, 2.24) is 4.90 Å². The van der Waals surface area contributed by atoms with Crippen molar-refractivity contribution in [3.05, 3.63) is 70.5 Å². The highest BCUT2D eigenvalue weighted by atomic mass is 19.1. The van der Waals surface area contributed by atoms with Crippen LogP contribution >= 0.6 is 0 Å². The first-order chi connectivity index (χ1) is 14.3. The maximum absolute atomic E-state index is 14.2. The molecule has 4 rings (SSSR count). The van der Waals surface area contributed by atoms with E-state index in [0.29, 0.717) is 36.3 Å². The third-order valence-corrected chi connectivity index (χ3v) is 6.15. The molecule has 30 heavy (non-hydrogen) atoms. The Bertz CT molecular complexity index is 1110. The summed E-state index contributed by atoms with van der Waals surface area (Å²) < 4.78 is 33.4. The molecule has 1 fully saturated rings. The monoisotopic (exact) mass is 413 g/mol. The predicted octanol–water partition coefficient (Wildman–Crippen LogP) is 4.79. The lowest BCUT2D eigenvalue weighted by atomic mass is 9.75. The van der Waals surface area contributed by atoms with Gasteiger partial charge >= 0.3 is 0 Å². The van der Waals surface area contributed by atoms with Crippen molar-refractivity contribution in [2.45, 2.75) is 33.1 Å². The lowest BCUT2D eigenvalue weighted by Crippen LogP contribution is -2.49. The van der Waals surface area contributed by atoms with Gasteiger partial charge in [-0.05, 0) is 56.4 Å². The Morgan fingerprint density at radius 2 is 2.00 bits per heavy atom. The second kappa shape index (κ2) is 7.84. The van der Waals surface area contributed by atoms with E-state index in [0.717, 1.165) is 22.6 Å². The van der Waals surface area contributed by atoms with Crippen LogP contribution in [0.1, 0.15) is 40.1 Å². The number of benzene rings is 2. The van der Waals surface area contributed by atoms with E-state index in [1.54, 1.807) is 4.90 Å². The molecule has 0 saturated carbocycles. The number of amides is 1. The number of hydrogen-bond acceptors (Lipinski definition) is 3. The molecule has 6 heteroatoms. The average Bonchev–Trinajstić information content (AvgIpc) is 3.05. The lowest BCUT2D eigenvalue weighted by molar-refractivity contribution is 0.0250. The molecule has 1 aromatic heterocycles. The minimum Gasteiger partial charge on any atom is -0.451 e. The summed E-state index contributed by atoms with van der Waals surface area (Å²) in [6, 6.07) is 9.32. The number of aliphatic hydroxyl groups is 1. The van der Waals surface area contributed by atoms with Crippen molar-refractivity contribution in [3.63, 3.8) is 0 Å². The van der Waals surface area contributed by atoms with E-state index >= 15 is 0 Å². The molecule has 0 radical (unpaired) electrons. The highest BCUT2D eigenvalue weighted by molar-refractivity contribution is 5.99. The fourth-order valence-corrected chi connectivity index (χ4v) is 4.46. The van der Waals surface area contributed by atoms with Crippen LogP contribution in [0.2, 0.25) is 0 Å². The number of rotatable bonds is 4. The first kappa shape index (κ1) is 20.5. The quantitative estimate of drug-likeness (QED) is 0.669. The van der Waals surface area contributed by atoms with E-state index in [-0.39, 0.29) is 25.5 Å². The van der Waals surface area contributed by atoms with E-state index in [2.05, 4.69) is 0 Å². The van der Waals surface area contributed by atoms with Crippen LogP contribution in [0.5, 0.6) is 0 Å². The number of halogens is 2. The first-order valence-electron chi connectivity index (χ1n) is 10.2. The molecular formula is C24H25F2NO3. The van der Waals surface area contributed by atoms with Crippen LogP contribution in [0.3, 0.4) is 0 Å². The van der Waals surface area contributed by atoms with Crippen molar-refractivity contribution < 1.29 is 23.1 Å². The number of nitrogens with zero attached hydrogens (tertiary/aromatic N) is 1. The third-order valence-electron chi connectivity index (χ3n) is 6.15. The molecule has 1 amide bonds. The Kier molecular flexibility index (Phi) is 5.36. The Morgan fingerprint density at radius 1 is 1.20 bits per heavy atom. The molecule has 158 valence electrons. The molecule has 2 heterocycles. The van der Waals surface area contributed by atoms with Gasteiger partial charge in [-0.3, -0.25) is 4.79 Å². The van der Waals surface area contributed by atoms with Crippen LogP contribution in [-0.4, -0.2) is 35.6 Å². The van der Waals surface area contributed by atoms with E-state index in [9.17, 15) is 18.7 Å². The van der Waals surface area contributed by atoms with Gasteiger partial charge in [0, 0.05) is 35.5 Å². The number of piperidine rings is 1. The molecule has 1 atom stereocenters. The maximum atomic E-state index is 14.2. The average molecular weight is 413 g/mol. The van der Waals surface area contributed by atoms with Gasteiger partial charge in [0.2, 0.25) is 0 Å². The molecule has 0 spiro atoms. The minimum absolute atomic E-state index is 0.189. The van der Waals surface area contributed by atoms with Crippen LogP contribution in [0.25, 0.3) is 11.0 Å². The number of carbonyl (C=O) groups excluding carboxylic acids is 1. The van der Waals surface area contributed by atoms with Gasteiger partial charge in [-0.25, -0.2) is 8.78 Å². The molecular weight excluding hydrogens is 388 g/mol. The molecule has 1 N–H and O–H groups in total. The Morgan fingerprint density at radius 3 is 2.73 bits per heavy atom. The molecule has 3 aromatic rings. The van der Waals surface area contributed by atoms with Gasteiger partial charge in [-0.15, -0.1) is 0 Å². The first-order valence-corrected chi connectivity index (χ1v) is 10.2. The summed E-state index contributed by atoms with van der Waals surface area (Å²) in [7, 11) is 0. The summed E-state index contributed by atoms with van der Waals surface area (Å²) in [6.45, 7) is 4.47. The second-order valence-electron chi connectivity index (χ2n) is 8.46. The predicted molar refractivity (Wildman–Crippen MR) is 110 cm³/mol. The van der Waals surface area contributed by atoms with Crippen LogP contribution in [0.15, 0.2) is 40.8 Å². The largest absolute Gasteiger partial charge is 0.451 e. The Labute approximate surface area is 174 Å². The van der Waals surface area contributed by atoms with Crippen LogP contribution in [0, 0.1) is 30.9 Å². The van der Waals surface area contributed by atoms with Crippen LogP contribution < -0.4 is 0 Å². The lowest BCUT2D eigenvalue weighted by Gasteiger charge is -2.41. The molecule has 4 nitrogen and oxygen atoms in total. The van der Waals surface area contributed by atoms with Gasteiger partial charge in [0.05, 0.1) is 6.61 Å². The Hall–Kier alpha value is -2.73. The van der Waals surface area contributed by atoms with Crippen LogP contribution in [-0.2, 0) is 6.42 Å². The number of fused-ring (bicyclic) bond motifs is 1. The number of likely N-dealkylation sites (tertiary alicyclic amines) is 1. The Balaban J connectivity index is 1.61. The van der Waals surface area contributed by atoms with E-state index in [1.807, 2.05) is 32.0 Å². The van der Waals surface area contributed by atoms with E-state index in [1.165, 1.54) is 12.1 Å². The van der Waals surface area contributed by atoms with Gasteiger partial charge in [0.25, 0.3) is 5.91 Å². The standard InChI is InChI=1S/C24H25F2NO3/c1-15-4-7-19-16(2)22(30-21(19)10-15)23(29)27-9-3-8-24(13-27,14-28)12-17-5-6-18(25)11-20(17)26/h4-7,10-11,28H,3,8-9,12-14H2,1-2H3/t24-/m0/s1. The number of hydrogen-bond donors (Lipinski definition) is 1. The number of aryl methyl sites for hydroxylation is 2. The van der Waals surface area contributed by atoms with Gasteiger partial charge < -0.3 is 14.4 Å². The second-order valence-corrected chi connectivity index (χ2v) is 8.46. The summed E-state index contributed by atoms with van der Waals surface area (Å²) in [5.74, 6) is -1.18. The van der Waals surface area contributed by atoms with Crippen molar-refractivity contribution >= 4 is 16.9 Å². The van der Waals surface area contributed by atoms with Gasteiger partial charge in [0.15, 0.2) is 5.76 Å². The smallest absolute Gasteiger partial charge is 0.289 e. The minimum atomic E-state index is -0.677. The fourth-order valence-electron chi connectivity index (χ4n) is 4.46. The molecule has 2 aromatic carbocycles. The van der Waals surface area contributed by atoms with Crippen molar-refractivity contribution in [2.75, 3.05) is 19.7 Å². The molecule has 0 bridgehead atoms. The molecule has 1 aliphatic rings. The summed E-state index contributed by atoms with van der Waals surface area (Å²) in [4.78, 5) is 14.9. The zero-order chi connectivity index (χ0) is 21.5. The summed E-state index contributed by atoms with van der Waals surface area (Å²) in [5, 5.41) is 11.1. The summed E-state index contributed by atoms with van der Waals surface area (Å²) >= 11 is 0. The zero-order valence-electron chi connectivity index (χ0n) is 17.2. The SMILES string of the molecule is Cc1ccc2c(C)c(C(=O)N3CCC[C@](CO)(Cc4ccc(F)cc4F)C3)oc2c1. The van der Waals surface area contributed by atoms with Gasteiger partial charge in [0.1, 0.15) is 17.2 Å². The van der Waals surface area contributed by atoms with Gasteiger partial charge in [-0.2, -0.15) is 0 Å². The summed E-state index contributed by atoms with van der Waals surface area (Å²) in [5.41, 5.74) is 2.18. The maximum Gasteiger partial charge on any atom is 0.289 e. The molecule has 0 unspecified atom stereocenters. The molecule has 1 aliphatic heterocycles. The highest BCUT2D eigenvalue weighted by Crippen LogP contribution is 2.36.